The first-order valence-electron chi connectivity index (χ1n) is 9.94. The van der Waals surface area contributed by atoms with Crippen molar-refractivity contribution in [2.24, 2.45) is 5.41 Å². The Balaban J connectivity index is 1.88. The molecule has 0 unspecified atom stereocenters. The molecule has 0 radical (unpaired) electrons. The van der Waals surface area contributed by atoms with E-state index in [0.29, 0.717) is 25.1 Å². The Hall–Kier alpha value is -2.85. The summed E-state index contributed by atoms with van der Waals surface area (Å²) in [7, 11) is 1.68. The highest BCUT2D eigenvalue weighted by molar-refractivity contribution is 5.90. The summed E-state index contributed by atoms with van der Waals surface area (Å²) >= 11 is 0. The Kier molecular flexibility index (Phi) is 8.68. The van der Waals surface area contributed by atoms with E-state index >= 15 is 0 Å². The number of allylic oxidation sites excluding steroid dienone is 4. The topological polar surface area (TPSA) is 103 Å². The predicted molar refractivity (Wildman–Crippen MR) is 113 cm³/mol. The Morgan fingerprint density at radius 3 is 2.93 bits per heavy atom. The van der Waals surface area contributed by atoms with Crippen molar-refractivity contribution < 1.29 is 9.53 Å². The normalized spacial score (nSPS) is 16.3. The van der Waals surface area contributed by atoms with Crippen LogP contribution < -0.4 is 10.6 Å². The zero-order valence-corrected chi connectivity index (χ0v) is 17.5. The van der Waals surface area contributed by atoms with Crippen LogP contribution in [-0.4, -0.2) is 42.7 Å². The first-order valence-corrected chi connectivity index (χ1v) is 9.94. The first kappa shape index (κ1) is 22.4. The average molecular weight is 398 g/mol. The van der Waals surface area contributed by atoms with Gasteiger partial charge >= 0.3 is 0 Å². The smallest absolute Gasteiger partial charge is 0.287 e. The predicted octanol–water partition coefficient (Wildman–Crippen LogP) is 3.21. The molecule has 7 heteroatoms. The molecule has 1 aromatic rings. The molecule has 3 N–H and O–H groups in total. The maximum Gasteiger partial charge on any atom is 0.287 e. The quantitative estimate of drug-likeness (QED) is 0.320. The van der Waals surface area contributed by atoms with Crippen molar-refractivity contribution in [1.29, 1.82) is 5.26 Å². The first-order chi connectivity index (χ1) is 13.9. The number of nitrogens with one attached hydrogen (secondary N) is 3. The van der Waals surface area contributed by atoms with E-state index in [0.717, 1.165) is 25.0 Å². The van der Waals surface area contributed by atoms with Gasteiger partial charge in [-0.05, 0) is 37.2 Å². The number of carbonyl (C=O) groups excluding carboxylic acids is 1. The minimum Gasteiger partial charge on any atom is -0.383 e. The molecule has 0 fully saturated rings. The van der Waals surface area contributed by atoms with E-state index in [1.165, 1.54) is 18.2 Å². The van der Waals surface area contributed by atoms with Gasteiger partial charge in [-0.15, -0.1) is 0 Å². The molecule has 0 aromatic carbocycles. The summed E-state index contributed by atoms with van der Waals surface area (Å²) in [6.07, 6.45) is 14.2. The van der Waals surface area contributed by atoms with Crippen LogP contribution >= 0.6 is 0 Å². The van der Waals surface area contributed by atoms with Gasteiger partial charge in [0.05, 0.1) is 6.61 Å². The summed E-state index contributed by atoms with van der Waals surface area (Å²) in [5, 5.41) is 14.9. The third kappa shape index (κ3) is 7.96. The van der Waals surface area contributed by atoms with Crippen LogP contribution in [0.4, 0.5) is 0 Å². The number of carbonyl (C=O) groups is 1. The molecule has 1 aliphatic carbocycles. The van der Waals surface area contributed by atoms with E-state index in [1.54, 1.807) is 7.11 Å². The van der Waals surface area contributed by atoms with Crippen molar-refractivity contribution in [3.05, 3.63) is 53.3 Å². The maximum atomic E-state index is 12.0. The second-order valence-corrected chi connectivity index (χ2v) is 7.87. The highest BCUT2D eigenvalue weighted by Crippen LogP contribution is 2.35. The Morgan fingerprint density at radius 2 is 2.28 bits per heavy atom. The zero-order chi connectivity index (χ0) is 21.1. The van der Waals surface area contributed by atoms with Crippen LogP contribution in [0.15, 0.2) is 41.8 Å². The van der Waals surface area contributed by atoms with Gasteiger partial charge in [0.15, 0.2) is 11.5 Å². The highest BCUT2D eigenvalue weighted by Gasteiger charge is 2.20. The highest BCUT2D eigenvalue weighted by atomic mass is 16.5. The number of ether oxygens (including phenoxy) is 1. The van der Waals surface area contributed by atoms with E-state index in [1.807, 2.05) is 18.2 Å². The maximum absolute atomic E-state index is 12.0. The summed E-state index contributed by atoms with van der Waals surface area (Å²) in [5.41, 5.74) is 3.08. The van der Waals surface area contributed by atoms with Crippen molar-refractivity contribution in [2.45, 2.75) is 39.5 Å². The number of hydrogen-bond donors (Lipinski definition) is 3. The minimum atomic E-state index is -0.344. The van der Waals surface area contributed by atoms with Gasteiger partial charge in [-0.2, -0.15) is 5.26 Å². The molecular formula is C22H31N5O2. The zero-order valence-electron chi connectivity index (χ0n) is 17.5. The molecular weight excluding hydrogens is 366 g/mol. The molecule has 2 rings (SSSR count). The fourth-order valence-corrected chi connectivity index (χ4v) is 2.96. The SMILES string of the molecule is COCCNC(/C=C\CNC(=O)c1nc(C#N)c[nH]1)=C/CC1=CCC(C)(C)CC1. The lowest BCUT2D eigenvalue weighted by atomic mass is 9.78. The molecule has 1 aromatic heterocycles. The number of nitrogens with zero attached hydrogens (tertiary/aromatic N) is 2. The molecule has 0 aliphatic heterocycles. The van der Waals surface area contributed by atoms with E-state index in [-0.39, 0.29) is 17.4 Å². The van der Waals surface area contributed by atoms with Gasteiger partial charge in [-0.3, -0.25) is 4.79 Å². The molecule has 0 saturated heterocycles. The molecule has 0 bridgehead atoms. The number of nitriles is 1. The van der Waals surface area contributed by atoms with Crippen molar-refractivity contribution in [3.8, 4) is 6.07 Å². The molecule has 0 spiro atoms. The average Bonchev–Trinajstić information content (AvgIpc) is 3.19. The lowest BCUT2D eigenvalue weighted by Crippen LogP contribution is -2.24. The van der Waals surface area contributed by atoms with Gasteiger partial charge in [-0.25, -0.2) is 4.98 Å². The second-order valence-electron chi connectivity index (χ2n) is 7.87. The standard InChI is InChI=1S/C22H31N5O2/c1-22(2)10-8-17(9-11-22)6-7-18(24-13-14-29-3)5-4-12-25-21(28)20-26-16-19(15-23)27-20/h4-5,7-8,16,24H,6,9-14H2,1-3H3,(H,25,28)(H,26,27)/b5-4-,18-7+. The molecule has 29 heavy (non-hydrogen) atoms. The molecule has 7 nitrogen and oxygen atoms in total. The molecule has 0 saturated carbocycles. The second kappa shape index (κ2) is 11.2. The van der Waals surface area contributed by atoms with Crippen LogP contribution in [0.5, 0.6) is 0 Å². The fraction of sp³-hybridized carbons (Fsp3) is 0.500. The molecule has 1 amide bonds. The van der Waals surface area contributed by atoms with Crippen molar-refractivity contribution in [1.82, 2.24) is 20.6 Å². The number of hydrogen-bond acceptors (Lipinski definition) is 5. The number of aromatic nitrogens is 2. The lowest BCUT2D eigenvalue weighted by molar-refractivity contribution is 0.0948. The minimum absolute atomic E-state index is 0.135. The van der Waals surface area contributed by atoms with Crippen LogP contribution in [0.25, 0.3) is 0 Å². The number of imidazole rings is 1. The number of amides is 1. The monoisotopic (exact) mass is 397 g/mol. The molecule has 0 atom stereocenters. The fourth-order valence-electron chi connectivity index (χ4n) is 2.96. The van der Waals surface area contributed by atoms with Crippen molar-refractivity contribution in [2.75, 3.05) is 26.8 Å². The Labute approximate surface area is 172 Å². The molecule has 156 valence electrons. The lowest BCUT2D eigenvalue weighted by Gasteiger charge is -2.28. The van der Waals surface area contributed by atoms with Gasteiger partial charge in [0.2, 0.25) is 0 Å². The van der Waals surface area contributed by atoms with Crippen LogP contribution in [0.3, 0.4) is 0 Å². The number of rotatable bonds is 10. The van der Waals surface area contributed by atoms with Gasteiger partial charge in [0.1, 0.15) is 6.07 Å². The third-order valence-electron chi connectivity index (χ3n) is 4.87. The van der Waals surface area contributed by atoms with E-state index in [4.69, 9.17) is 10.00 Å². The molecule has 1 heterocycles. The third-order valence-corrected chi connectivity index (χ3v) is 4.87. The molecule has 1 aliphatic rings. The van der Waals surface area contributed by atoms with Crippen molar-refractivity contribution in [3.63, 3.8) is 0 Å². The number of aromatic amines is 1. The van der Waals surface area contributed by atoms with Crippen molar-refractivity contribution >= 4 is 5.91 Å². The van der Waals surface area contributed by atoms with Gasteiger partial charge in [0, 0.05) is 32.1 Å². The van der Waals surface area contributed by atoms with Gasteiger partial charge in [0.25, 0.3) is 5.91 Å². The van der Waals surface area contributed by atoms with Crippen LogP contribution in [0.2, 0.25) is 0 Å². The number of methoxy groups -OCH3 is 1. The van der Waals surface area contributed by atoms with Crippen LogP contribution in [-0.2, 0) is 4.74 Å². The number of H-pyrrole nitrogens is 1. The Bertz CT molecular complexity index is 811. The summed E-state index contributed by atoms with van der Waals surface area (Å²) in [6, 6.07) is 1.89. The largest absolute Gasteiger partial charge is 0.383 e. The Morgan fingerprint density at radius 1 is 1.45 bits per heavy atom. The van der Waals surface area contributed by atoms with Crippen LogP contribution in [0, 0.1) is 16.7 Å². The summed E-state index contributed by atoms with van der Waals surface area (Å²) < 4.78 is 5.11. The van der Waals surface area contributed by atoms with E-state index in [2.05, 4.69) is 46.6 Å². The van der Waals surface area contributed by atoms with E-state index in [9.17, 15) is 4.79 Å². The summed E-state index contributed by atoms with van der Waals surface area (Å²) in [6.45, 7) is 6.33. The summed E-state index contributed by atoms with van der Waals surface area (Å²) in [5.74, 6) is -0.208. The van der Waals surface area contributed by atoms with E-state index < -0.39 is 0 Å². The van der Waals surface area contributed by atoms with Gasteiger partial charge < -0.3 is 20.4 Å². The van der Waals surface area contributed by atoms with Crippen LogP contribution in [0.1, 0.15) is 55.8 Å². The summed E-state index contributed by atoms with van der Waals surface area (Å²) in [4.78, 5) is 18.6. The van der Waals surface area contributed by atoms with Gasteiger partial charge in [-0.1, -0.05) is 37.6 Å².